The Balaban J connectivity index is 1.68. The van der Waals surface area contributed by atoms with Crippen molar-refractivity contribution in [3.05, 3.63) is 17.6 Å². The molecule has 0 aromatic carbocycles. The van der Waals surface area contributed by atoms with Gasteiger partial charge < -0.3 is 14.1 Å². The number of hydrogen-bond acceptors (Lipinski definition) is 7. The van der Waals surface area contributed by atoms with Crippen molar-refractivity contribution in [1.82, 2.24) is 20.2 Å². The zero-order chi connectivity index (χ0) is 14.9. The van der Waals surface area contributed by atoms with Crippen molar-refractivity contribution in [2.45, 2.75) is 13.8 Å². The first-order chi connectivity index (χ1) is 10.7. The van der Waals surface area contributed by atoms with Crippen molar-refractivity contribution < 1.29 is 9.15 Å². The Morgan fingerprint density at radius 3 is 2.68 bits per heavy atom. The molecule has 5 rings (SSSR count). The number of rotatable bonds is 1. The zero-order valence-electron chi connectivity index (χ0n) is 12.5. The molecule has 3 aromatic rings. The minimum Gasteiger partial charge on any atom is -0.431 e. The van der Waals surface area contributed by atoms with E-state index < -0.39 is 0 Å². The van der Waals surface area contributed by atoms with E-state index in [1.54, 1.807) is 6.33 Å². The molecule has 0 bridgehead atoms. The van der Waals surface area contributed by atoms with Gasteiger partial charge in [-0.1, -0.05) is 0 Å². The third-order valence-electron chi connectivity index (χ3n) is 4.81. The molecule has 2 saturated heterocycles. The minimum atomic E-state index is 0.329. The van der Waals surface area contributed by atoms with Crippen LogP contribution in [0.3, 0.4) is 0 Å². The van der Waals surface area contributed by atoms with Crippen molar-refractivity contribution in [3.8, 4) is 0 Å². The van der Waals surface area contributed by atoms with E-state index >= 15 is 0 Å². The van der Waals surface area contributed by atoms with Gasteiger partial charge in [-0.3, -0.25) is 0 Å². The molecule has 1 spiro atoms. The highest BCUT2D eigenvalue weighted by molar-refractivity contribution is 6.06. The Morgan fingerprint density at radius 1 is 1.14 bits per heavy atom. The predicted molar refractivity (Wildman–Crippen MR) is 79.8 cm³/mol. The van der Waals surface area contributed by atoms with E-state index in [-0.39, 0.29) is 0 Å². The lowest BCUT2D eigenvalue weighted by Gasteiger charge is -2.55. The predicted octanol–water partition coefficient (Wildman–Crippen LogP) is 1.62. The largest absolute Gasteiger partial charge is 0.431 e. The quantitative estimate of drug-likeness (QED) is 0.675. The molecule has 112 valence electrons. The summed E-state index contributed by atoms with van der Waals surface area (Å²) >= 11 is 0. The molecule has 0 amide bonds. The number of nitrogens with zero attached hydrogens (tertiary/aromatic N) is 5. The first-order valence-electron chi connectivity index (χ1n) is 7.37. The zero-order valence-corrected chi connectivity index (χ0v) is 12.5. The summed E-state index contributed by atoms with van der Waals surface area (Å²) in [5.41, 5.74) is 4.33. The third-order valence-corrected chi connectivity index (χ3v) is 4.81. The summed E-state index contributed by atoms with van der Waals surface area (Å²) in [5.74, 6) is 0.845. The van der Waals surface area contributed by atoms with Crippen molar-refractivity contribution in [1.29, 1.82) is 0 Å². The lowest BCUT2D eigenvalue weighted by molar-refractivity contribution is -0.127. The summed E-state index contributed by atoms with van der Waals surface area (Å²) in [6, 6.07) is 0. The number of anilines is 1. The number of aryl methyl sites for hydroxylation is 2. The van der Waals surface area contributed by atoms with Crippen LogP contribution in [0.4, 0.5) is 5.82 Å². The lowest BCUT2D eigenvalue weighted by atomic mass is 9.78. The maximum absolute atomic E-state index is 5.92. The van der Waals surface area contributed by atoms with Crippen LogP contribution >= 0.6 is 0 Å². The maximum Gasteiger partial charge on any atom is 0.249 e. The van der Waals surface area contributed by atoms with E-state index in [4.69, 9.17) is 9.15 Å². The van der Waals surface area contributed by atoms with Gasteiger partial charge in [-0.05, 0) is 19.4 Å². The van der Waals surface area contributed by atoms with Gasteiger partial charge in [0, 0.05) is 13.1 Å². The van der Waals surface area contributed by atoms with Crippen molar-refractivity contribution in [2.75, 3.05) is 31.2 Å². The van der Waals surface area contributed by atoms with E-state index in [0.29, 0.717) is 16.7 Å². The average Bonchev–Trinajstić information content (AvgIpc) is 2.80. The fourth-order valence-corrected chi connectivity index (χ4v) is 3.38. The van der Waals surface area contributed by atoms with Gasteiger partial charge in [0.05, 0.1) is 29.7 Å². The molecule has 5 heterocycles. The van der Waals surface area contributed by atoms with Crippen LogP contribution in [0.15, 0.2) is 10.7 Å². The van der Waals surface area contributed by atoms with Crippen molar-refractivity contribution in [2.24, 2.45) is 5.41 Å². The van der Waals surface area contributed by atoms with Gasteiger partial charge in [0.15, 0.2) is 11.4 Å². The highest BCUT2D eigenvalue weighted by Crippen LogP contribution is 2.42. The first kappa shape index (κ1) is 12.3. The highest BCUT2D eigenvalue weighted by Gasteiger charge is 2.50. The van der Waals surface area contributed by atoms with E-state index in [2.05, 4.69) is 25.1 Å². The topological polar surface area (TPSA) is 77.2 Å². The molecule has 2 aliphatic heterocycles. The number of furan rings is 1. The number of hydrogen-bond donors (Lipinski definition) is 0. The van der Waals surface area contributed by atoms with Gasteiger partial charge in [-0.25, -0.2) is 9.97 Å². The summed E-state index contributed by atoms with van der Waals surface area (Å²) in [4.78, 5) is 11.1. The molecule has 0 radical (unpaired) electrons. The Morgan fingerprint density at radius 2 is 1.95 bits per heavy atom. The molecule has 7 heteroatoms. The molecule has 7 nitrogen and oxygen atoms in total. The Bertz CT molecular complexity index is 907. The lowest BCUT2D eigenvalue weighted by Crippen LogP contribution is -2.66. The third kappa shape index (κ3) is 1.44. The molecule has 0 aliphatic carbocycles. The molecule has 2 fully saturated rings. The normalized spacial score (nSPS) is 19.6. The second kappa shape index (κ2) is 3.92. The van der Waals surface area contributed by atoms with Crippen molar-refractivity contribution in [3.63, 3.8) is 0 Å². The number of ether oxygens (including phenoxy) is 1. The van der Waals surface area contributed by atoms with Gasteiger partial charge in [0.2, 0.25) is 5.71 Å². The van der Waals surface area contributed by atoms with Gasteiger partial charge >= 0.3 is 0 Å². The second-order valence-electron chi connectivity index (χ2n) is 6.42. The van der Waals surface area contributed by atoms with Crippen LogP contribution in [0.5, 0.6) is 0 Å². The fraction of sp³-hybridized carbons (Fsp3) is 0.467. The van der Waals surface area contributed by atoms with Crippen LogP contribution in [-0.2, 0) is 4.74 Å². The van der Waals surface area contributed by atoms with Crippen molar-refractivity contribution >= 4 is 28.0 Å². The number of fused-ring (bicyclic) bond motifs is 3. The Hall–Kier alpha value is -2.28. The van der Waals surface area contributed by atoms with Crippen LogP contribution in [0, 0.1) is 19.3 Å². The summed E-state index contributed by atoms with van der Waals surface area (Å²) in [7, 11) is 0. The molecule has 2 aliphatic rings. The summed E-state index contributed by atoms with van der Waals surface area (Å²) in [5, 5.41) is 9.23. The van der Waals surface area contributed by atoms with Gasteiger partial charge in [0.25, 0.3) is 0 Å². The van der Waals surface area contributed by atoms with Gasteiger partial charge in [0.1, 0.15) is 11.8 Å². The summed E-state index contributed by atoms with van der Waals surface area (Å²) < 4.78 is 11.3. The van der Waals surface area contributed by atoms with Gasteiger partial charge in [-0.15, -0.1) is 5.10 Å². The monoisotopic (exact) mass is 297 g/mol. The van der Waals surface area contributed by atoms with E-state index in [1.807, 2.05) is 13.8 Å². The van der Waals surface area contributed by atoms with Gasteiger partial charge in [-0.2, -0.15) is 5.10 Å². The molecule has 0 saturated carbocycles. The molecule has 0 unspecified atom stereocenters. The van der Waals surface area contributed by atoms with E-state index in [1.165, 1.54) is 0 Å². The van der Waals surface area contributed by atoms with Crippen LogP contribution in [0.25, 0.3) is 22.2 Å². The second-order valence-corrected chi connectivity index (χ2v) is 6.42. The molecule has 0 atom stereocenters. The molecule has 3 aromatic heterocycles. The van der Waals surface area contributed by atoms with Crippen LogP contribution in [0.1, 0.15) is 11.3 Å². The summed E-state index contributed by atoms with van der Waals surface area (Å²) in [6.45, 7) is 7.58. The SMILES string of the molecule is Cc1nnc2oc3c(N4CC5(COC5)C4)ncnc3c2c1C. The molecule has 22 heavy (non-hydrogen) atoms. The highest BCUT2D eigenvalue weighted by atomic mass is 16.5. The van der Waals surface area contributed by atoms with Crippen LogP contribution in [0.2, 0.25) is 0 Å². The smallest absolute Gasteiger partial charge is 0.249 e. The standard InChI is InChI=1S/C15H15N5O2/c1-8-9(2)18-19-14-10(8)11-12(22-14)13(17-7-16-11)20-3-15(4-20)5-21-6-15/h7H,3-6H2,1-2H3. The first-order valence-corrected chi connectivity index (χ1v) is 7.37. The molecular weight excluding hydrogens is 282 g/mol. The Labute approximate surface area is 126 Å². The van der Waals surface area contributed by atoms with Crippen LogP contribution < -0.4 is 4.90 Å². The fourth-order valence-electron chi connectivity index (χ4n) is 3.38. The Kier molecular flexibility index (Phi) is 2.19. The minimum absolute atomic E-state index is 0.329. The van der Waals surface area contributed by atoms with E-state index in [0.717, 1.165) is 54.3 Å². The average molecular weight is 297 g/mol. The van der Waals surface area contributed by atoms with E-state index in [9.17, 15) is 0 Å². The molecular formula is C15H15N5O2. The van der Waals surface area contributed by atoms with Crippen LogP contribution in [-0.4, -0.2) is 46.5 Å². The molecule has 0 N–H and O–H groups in total. The maximum atomic E-state index is 5.92. The summed E-state index contributed by atoms with van der Waals surface area (Å²) in [6.07, 6.45) is 1.60. The number of aromatic nitrogens is 4.